The Labute approximate surface area is 185 Å². The molecule has 31 heavy (non-hydrogen) atoms. The molecule has 4 nitrogen and oxygen atoms in total. The first-order valence-electron chi connectivity index (χ1n) is 11.2. The second-order valence-corrected chi connectivity index (χ2v) is 8.48. The Morgan fingerprint density at radius 2 is 1.55 bits per heavy atom. The molecule has 2 aromatic rings. The van der Waals surface area contributed by atoms with Gasteiger partial charge in [0.15, 0.2) is 12.4 Å². The third kappa shape index (κ3) is 6.55. The molecule has 1 saturated carbocycles. The van der Waals surface area contributed by atoms with Crippen LogP contribution in [0, 0.1) is 5.92 Å². The summed E-state index contributed by atoms with van der Waals surface area (Å²) in [5, 5.41) is 0. The number of hydrogen-bond donors (Lipinski definition) is 0. The Balaban J connectivity index is 1.51. The van der Waals surface area contributed by atoms with Gasteiger partial charge < -0.3 is 9.47 Å². The maximum absolute atomic E-state index is 12.4. The fourth-order valence-corrected chi connectivity index (χ4v) is 4.13. The van der Waals surface area contributed by atoms with E-state index in [1.165, 1.54) is 44.1 Å². The summed E-state index contributed by atoms with van der Waals surface area (Å²) in [6.07, 6.45) is 7.75. The van der Waals surface area contributed by atoms with Gasteiger partial charge in [-0.2, -0.15) is 0 Å². The van der Waals surface area contributed by atoms with Gasteiger partial charge in [0.05, 0.1) is 5.56 Å². The average molecular weight is 421 g/mol. The van der Waals surface area contributed by atoms with Crippen molar-refractivity contribution in [2.75, 3.05) is 6.61 Å². The number of carbonyl (C=O) groups is 2. The van der Waals surface area contributed by atoms with Crippen molar-refractivity contribution in [3.63, 3.8) is 0 Å². The van der Waals surface area contributed by atoms with Gasteiger partial charge in [0.1, 0.15) is 11.5 Å². The lowest BCUT2D eigenvalue weighted by Gasteiger charge is -2.28. The van der Waals surface area contributed by atoms with Crippen LogP contribution in [0.15, 0.2) is 60.7 Å². The zero-order chi connectivity index (χ0) is 22.2. The van der Waals surface area contributed by atoms with Crippen molar-refractivity contribution < 1.29 is 19.1 Å². The molecule has 1 aliphatic carbocycles. The number of Topliss-reactive ketones (excluding diaryl/α,β-unsaturated/α-hetero) is 1. The molecule has 0 aliphatic heterocycles. The molecule has 0 radical (unpaired) electrons. The minimum atomic E-state index is -0.419. The lowest BCUT2D eigenvalue weighted by atomic mass is 9.77. The summed E-state index contributed by atoms with van der Waals surface area (Å²) in [4.78, 5) is 24.0. The van der Waals surface area contributed by atoms with Crippen LogP contribution in [0.3, 0.4) is 0 Å². The number of ether oxygens (including phenoxy) is 2. The van der Waals surface area contributed by atoms with E-state index in [-0.39, 0.29) is 12.4 Å². The number of hydrogen-bond acceptors (Lipinski definition) is 4. The minimum Gasteiger partial charge on any atom is -0.485 e. The average Bonchev–Trinajstić information content (AvgIpc) is 2.79. The maximum Gasteiger partial charge on any atom is 0.343 e. The summed E-state index contributed by atoms with van der Waals surface area (Å²) < 4.78 is 10.9. The minimum absolute atomic E-state index is 0.0638. The zero-order valence-corrected chi connectivity index (χ0v) is 18.6. The molecule has 4 heteroatoms. The maximum atomic E-state index is 12.4. The van der Waals surface area contributed by atoms with E-state index in [4.69, 9.17) is 9.47 Å². The molecule has 0 saturated heterocycles. The summed E-state index contributed by atoms with van der Waals surface area (Å²) in [7, 11) is 0. The Morgan fingerprint density at radius 1 is 0.935 bits per heavy atom. The molecular formula is C27H32O4. The van der Waals surface area contributed by atoms with Crippen LogP contribution in [-0.4, -0.2) is 18.4 Å². The van der Waals surface area contributed by atoms with Crippen molar-refractivity contribution in [3.8, 4) is 11.5 Å². The zero-order valence-electron chi connectivity index (χ0n) is 18.6. The standard InChI is InChI=1S/C27H32O4/c1-4-5-20-6-8-21(9-7-20)22-10-16-25(17-11-22)31-27(29)23-12-14-24(15-13-23)30-18-26(28)19(2)3/h10-17,20-21H,2,4-9,18H2,1,3H3. The summed E-state index contributed by atoms with van der Waals surface area (Å²) >= 11 is 0. The van der Waals surface area contributed by atoms with E-state index in [0.29, 0.717) is 28.6 Å². The molecule has 0 unspecified atom stereocenters. The largest absolute Gasteiger partial charge is 0.485 e. The van der Waals surface area contributed by atoms with Crippen LogP contribution in [0.1, 0.15) is 74.2 Å². The lowest BCUT2D eigenvalue weighted by Crippen LogP contribution is -2.13. The van der Waals surface area contributed by atoms with E-state index in [2.05, 4.69) is 25.6 Å². The number of rotatable bonds is 9. The number of ketones is 1. The van der Waals surface area contributed by atoms with Gasteiger partial charge in [0.2, 0.25) is 0 Å². The Bertz CT molecular complexity index is 888. The summed E-state index contributed by atoms with van der Waals surface area (Å²) in [6, 6.07) is 14.5. The van der Waals surface area contributed by atoms with Crippen molar-refractivity contribution in [2.45, 2.75) is 58.3 Å². The van der Waals surface area contributed by atoms with E-state index in [9.17, 15) is 9.59 Å². The van der Waals surface area contributed by atoms with Crippen LogP contribution in [0.25, 0.3) is 0 Å². The predicted octanol–water partition coefficient (Wildman–Crippen LogP) is 6.50. The molecule has 1 aliphatic rings. The fraction of sp³-hybridized carbons (Fsp3) is 0.407. The van der Waals surface area contributed by atoms with Crippen LogP contribution < -0.4 is 9.47 Å². The lowest BCUT2D eigenvalue weighted by molar-refractivity contribution is -0.117. The summed E-state index contributed by atoms with van der Waals surface area (Å²) in [6.45, 7) is 7.45. The highest BCUT2D eigenvalue weighted by molar-refractivity contribution is 5.95. The first-order valence-corrected chi connectivity index (χ1v) is 11.2. The predicted molar refractivity (Wildman–Crippen MR) is 123 cm³/mol. The van der Waals surface area contributed by atoms with Gasteiger partial charge in [0, 0.05) is 0 Å². The van der Waals surface area contributed by atoms with Crippen LogP contribution in [0.5, 0.6) is 11.5 Å². The van der Waals surface area contributed by atoms with Crippen LogP contribution in [0.2, 0.25) is 0 Å². The van der Waals surface area contributed by atoms with E-state index in [1.54, 1.807) is 31.2 Å². The highest BCUT2D eigenvalue weighted by atomic mass is 16.5. The van der Waals surface area contributed by atoms with E-state index in [0.717, 1.165) is 5.92 Å². The molecule has 164 valence electrons. The summed E-state index contributed by atoms with van der Waals surface area (Å²) in [5.74, 6) is 2.00. The second-order valence-electron chi connectivity index (χ2n) is 8.48. The van der Waals surface area contributed by atoms with E-state index >= 15 is 0 Å². The van der Waals surface area contributed by atoms with Crippen molar-refractivity contribution in [1.29, 1.82) is 0 Å². The molecule has 0 amide bonds. The number of esters is 1. The fourth-order valence-electron chi connectivity index (χ4n) is 4.13. The molecule has 0 aromatic heterocycles. The molecule has 0 spiro atoms. The number of benzene rings is 2. The molecule has 0 bridgehead atoms. The SMILES string of the molecule is C=C(C)C(=O)COc1ccc(C(=O)Oc2ccc(C3CCC(CCC)CC3)cc2)cc1. The first kappa shape index (κ1) is 22.8. The van der Waals surface area contributed by atoms with Gasteiger partial charge in [-0.05, 0) is 92.0 Å². The van der Waals surface area contributed by atoms with Crippen molar-refractivity contribution in [2.24, 2.45) is 5.92 Å². The van der Waals surface area contributed by atoms with Crippen molar-refractivity contribution >= 4 is 11.8 Å². The molecule has 3 rings (SSSR count). The van der Waals surface area contributed by atoms with E-state index in [1.807, 2.05) is 12.1 Å². The smallest absolute Gasteiger partial charge is 0.343 e. The molecule has 0 N–H and O–H groups in total. The van der Waals surface area contributed by atoms with Gasteiger partial charge in [-0.25, -0.2) is 4.79 Å². The molecular weight excluding hydrogens is 388 g/mol. The van der Waals surface area contributed by atoms with Gasteiger partial charge in [-0.3, -0.25) is 4.79 Å². The Morgan fingerprint density at radius 3 is 2.13 bits per heavy atom. The molecule has 1 fully saturated rings. The summed E-state index contributed by atoms with van der Waals surface area (Å²) in [5.41, 5.74) is 2.22. The van der Waals surface area contributed by atoms with Gasteiger partial charge >= 0.3 is 5.97 Å². The molecule has 2 aromatic carbocycles. The highest BCUT2D eigenvalue weighted by Gasteiger charge is 2.22. The van der Waals surface area contributed by atoms with E-state index < -0.39 is 5.97 Å². The van der Waals surface area contributed by atoms with Crippen LogP contribution in [0.4, 0.5) is 0 Å². The third-order valence-electron chi connectivity index (χ3n) is 6.04. The van der Waals surface area contributed by atoms with Gasteiger partial charge in [-0.1, -0.05) is 38.5 Å². The Kier molecular flexibility index (Phi) is 8.05. The van der Waals surface area contributed by atoms with Crippen LogP contribution in [-0.2, 0) is 4.79 Å². The van der Waals surface area contributed by atoms with Crippen molar-refractivity contribution in [1.82, 2.24) is 0 Å². The second kappa shape index (κ2) is 10.9. The van der Waals surface area contributed by atoms with Gasteiger partial charge in [0.25, 0.3) is 0 Å². The molecule has 0 atom stereocenters. The third-order valence-corrected chi connectivity index (χ3v) is 6.04. The monoisotopic (exact) mass is 420 g/mol. The van der Waals surface area contributed by atoms with Crippen molar-refractivity contribution in [3.05, 3.63) is 71.8 Å². The Hall–Kier alpha value is -2.88. The molecule has 0 heterocycles. The normalized spacial score (nSPS) is 18.3. The quantitative estimate of drug-likeness (QED) is 0.264. The first-order chi connectivity index (χ1) is 15.0. The van der Waals surface area contributed by atoms with Crippen LogP contribution >= 0.6 is 0 Å². The highest BCUT2D eigenvalue weighted by Crippen LogP contribution is 2.37. The van der Waals surface area contributed by atoms with Gasteiger partial charge in [-0.15, -0.1) is 0 Å². The number of carbonyl (C=O) groups excluding carboxylic acids is 2. The topological polar surface area (TPSA) is 52.6 Å².